The zero-order valence-electron chi connectivity index (χ0n) is 14.7. The van der Waals surface area contributed by atoms with E-state index in [1.165, 1.54) is 11.8 Å². The predicted molar refractivity (Wildman–Crippen MR) is 100 cm³/mol. The molecule has 0 aliphatic carbocycles. The highest BCUT2D eigenvalue weighted by molar-refractivity contribution is 8.00. The van der Waals surface area contributed by atoms with Crippen molar-refractivity contribution >= 4 is 17.7 Å². The number of thioether (sulfide) groups is 1. The molecule has 3 aromatic rings. The summed E-state index contributed by atoms with van der Waals surface area (Å²) in [6.45, 7) is 2.90. The lowest BCUT2D eigenvalue weighted by Gasteiger charge is -2.30. The summed E-state index contributed by atoms with van der Waals surface area (Å²) in [5.41, 5.74) is 0.951. The number of carbonyl (C=O) groups is 1. The molecular weight excluding hydrogens is 364 g/mol. The van der Waals surface area contributed by atoms with E-state index < -0.39 is 0 Å². The van der Waals surface area contributed by atoms with Gasteiger partial charge in [-0.1, -0.05) is 42.1 Å². The van der Waals surface area contributed by atoms with Crippen molar-refractivity contribution in [2.45, 2.75) is 17.0 Å². The Morgan fingerprint density at radius 3 is 2.70 bits per heavy atom. The van der Waals surface area contributed by atoms with Gasteiger partial charge >= 0.3 is 0 Å². The van der Waals surface area contributed by atoms with Crippen LogP contribution in [0.3, 0.4) is 0 Å². The fourth-order valence-electron chi connectivity index (χ4n) is 2.96. The topological polar surface area (TPSA) is 73.4 Å². The first-order valence-electron chi connectivity index (χ1n) is 8.79. The Labute approximate surface area is 161 Å². The van der Waals surface area contributed by atoms with Crippen LogP contribution in [0.4, 0.5) is 0 Å². The van der Waals surface area contributed by atoms with E-state index in [0.29, 0.717) is 38.0 Å². The number of amides is 1. The molecule has 1 amide bonds. The molecule has 0 radical (unpaired) electrons. The quantitative estimate of drug-likeness (QED) is 0.608. The molecule has 7 nitrogen and oxygen atoms in total. The lowest BCUT2D eigenvalue weighted by atomic mass is 10.1. The van der Waals surface area contributed by atoms with Crippen LogP contribution in [0.15, 0.2) is 64.6 Å². The summed E-state index contributed by atoms with van der Waals surface area (Å²) in [6.07, 6.45) is 3.30. The first kappa shape index (κ1) is 17.8. The summed E-state index contributed by atoms with van der Waals surface area (Å²) in [5, 5.41) is 8.55. The summed E-state index contributed by atoms with van der Waals surface area (Å²) < 4.78 is 12.7. The maximum absolute atomic E-state index is 13.2. The Bertz CT molecular complexity index is 860. The number of aromatic nitrogens is 3. The van der Waals surface area contributed by atoms with Crippen LogP contribution in [0.25, 0.3) is 0 Å². The number of hydrogen-bond acceptors (Lipinski definition) is 6. The molecule has 0 unspecified atom stereocenters. The Morgan fingerprint density at radius 2 is 1.96 bits per heavy atom. The number of hydrogen-bond donors (Lipinski definition) is 0. The maximum Gasteiger partial charge on any atom is 0.240 e. The number of benzene rings is 1. The molecule has 1 saturated heterocycles. The third-order valence-electron chi connectivity index (χ3n) is 4.36. The van der Waals surface area contributed by atoms with Gasteiger partial charge in [0.05, 0.1) is 26.0 Å². The molecule has 8 heteroatoms. The van der Waals surface area contributed by atoms with Crippen molar-refractivity contribution < 1.29 is 13.9 Å². The normalized spacial score (nSPS) is 15.6. The number of ether oxygens (including phenoxy) is 1. The molecule has 1 aliphatic heterocycles. The highest BCUT2D eigenvalue weighted by Gasteiger charge is 2.29. The fourth-order valence-corrected chi connectivity index (χ4v) is 4.05. The van der Waals surface area contributed by atoms with Crippen molar-refractivity contribution in [1.29, 1.82) is 0 Å². The molecule has 2 aromatic heterocycles. The van der Waals surface area contributed by atoms with Crippen molar-refractivity contribution in [3.05, 3.63) is 66.4 Å². The van der Waals surface area contributed by atoms with Gasteiger partial charge in [0.15, 0.2) is 5.16 Å². The first-order chi connectivity index (χ1) is 13.3. The minimum atomic E-state index is -0.385. The van der Waals surface area contributed by atoms with E-state index in [0.717, 1.165) is 11.3 Å². The number of nitrogens with zero attached hydrogens (tertiary/aromatic N) is 4. The highest BCUT2D eigenvalue weighted by Crippen LogP contribution is 2.36. The fraction of sp³-hybridized carbons (Fsp3) is 0.316. The van der Waals surface area contributed by atoms with Crippen molar-refractivity contribution in [1.82, 2.24) is 19.7 Å². The molecule has 0 N–H and O–H groups in total. The molecule has 3 heterocycles. The smallest absolute Gasteiger partial charge is 0.240 e. The third kappa shape index (κ3) is 4.23. The van der Waals surface area contributed by atoms with Gasteiger partial charge in [-0.2, -0.15) is 0 Å². The van der Waals surface area contributed by atoms with E-state index in [1.807, 2.05) is 51.9 Å². The lowest BCUT2D eigenvalue weighted by molar-refractivity contribution is -0.134. The molecule has 27 heavy (non-hydrogen) atoms. The molecule has 1 atom stereocenters. The second-order valence-electron chi connectivity index (χ2n) is 6.17. The number of furan rings is 1. The van der Waals surface area contributed by atoms with Crippen molar-refractivity contribution in [3.63, 3.8) is 0 Å². The van der Waals surface area contributed by atoms with Crippen LogP contribution < -0.4 is 0 Å². The van der Waals surface area contributed by atoms with E-state index in [-0.39, 0.29) is 11.2 Å². The van der Waals surface area contributed by atoms with Crippen LogP contribution >= 0.6 is 11.8 Å². The van der Waals surface area contributed by atoms with Crippen LogP contribution in [-0.2, 0) is 16.1 Å². The van der Waals surface area contributed by atoms with Gasteiger partial charge in [0.25, 0.3) is 0 Å². The van der Waals surface area contributed by atoms with Crippen LogP contribution in [-0.4, -0.2) is 51.9 Å². The van der Waals surface area contributed by atoms with Gasteiger partial charge < -0.3 is 18.6 Å². The molecule has 140 valence electrons. The SMILES string of the molecule is O=C([C@H](Sc1nncn1Cc1ccco1)c1ccccc1)N1CCOCC1. The molecule has 4 rings (SSSR count). The molecular formula is C19H20N4O3S. The van der Waals surface area contributed by atoms with Gasteiger partial charge in [-0.25, -0.2) is 0 Å². The number of rotatable bonds is 6. The van der Waals surface area contributed by atoms with E-state index in [4.69, 9.17) is 9.15 Å². The second-order valence-corrected chi connectivity index (χ2v) is 7.24. The molecule has 1 fully saturated rings. The average Bonchev–Trinajstić information content (AvgIpc) is 3.39. The molecule has 1 aromatic carbocycles. The highest BCUT2D eigenvalue weighted by atomic mass is 32.2. The maximum atomic E-state index is 13.2. The monoisotopic (exact) mass is 384 g/mol. The van der Waals surface area contributed by atoms with Gasteiger partial charge in [-0.05, 0) is 17.7 Å². The lowest BCUT2D eigenvalue weighted by Crippen LogP contribution is -2.42. The van der Waals surface area contributed by atoms with Crippen molar-refractivity contribution in [2.24, 2.45) is 0 Å². The Balaban J connectivity index is 1.58. The molecule has 1 aliphatic rings. The predicted octanol–water partition coefficient (Wildman–Crippen LogP) is 2.61. The van der Waals surface area contributed by atoms with E-state index >= 15 is 0 Å². The van der Waals surface area contributed by atoms with Gasteiger partial charge in [0.2, 0.25) is 5.91 Å². The standard InChI is InChI=1S/C19H20N4O3S/c24-18(22-8-11-25-12-9-22)17(15-5-2-1-3-6-15)27-19-21-20-14-23(19)13-16-7-4-10-26-16/h1-7,10,14,17H,8-9,11-13H2/t17-/m1/s1. The van der Waals surface area contributed by atoms with Crippen LogP contribution in [0, 0.1) is 0 Å². The zero-order valence-corrected chi connectivity index (χ0v) is 15.5. The van der Waals surface area contributed by atoms with Crippen molar-refractivity contribution in [3.8, 4) is 0 Å². The summed E-state index contributed by atoms with van der Waals surface area (Å²) in [5.74, 6) is 0.884. The van der Waals surface area contributed by atoms with Crippen LogP contribution in [0.1, 0.15) is 16.6 Å². The number of morpholine rings is 1. The number of carbonyl (C=O) groups excluding carboxylic acids is 1. The van der Waals surface area contributed by atoms with E-state index in [1.54, 1.807) is 12.6 Å². The minimum absolute atomic E-state index is 0.0713. The summed E-state index contributed by atoms with van der Waals surface area (Å²) >= 11 is 1.41. The Kier molecular flexibility index (Phi) is 5.55. The molecule has 0 bridgehead atoms. The van der Waals surface area contributed by atoms with Crippen molar-refractivity contribution in [2.75, 3.05) is 26.3 Å². The summed E-state index contributed by atoms with van der Waals surface area (Å²) in [4.78, 5) is 15.1. The average molecular weight is 384 g/mol. The van der Waals surface area contributed by atoms with Crippen LogP contribution in [0.2, 0.25) is 0 Å². The Hall–Kier alpha value is -2.58. The molecule has 0 spiro atoms. The summed E-state index contributed by atoms with van der Waals surface area (Å²) in [7, 11) is 0. The van der Waals surface area contributed by atoms with Crippen LogP contribution in [0.5, 0.6) is 0 Å². The second kappa shape index (κ2) is 8.41. The largest absolute Gasteiger partial charge is 0.467 e. The van der Waals surface area contributed by atoms with Gasteiger partial charge in [0.1, 0.15) is 17.3 Å². The van der Waals surface area contributed by atoms with Gasteiger partial charge in [-0.3, -0.25) is 4.79 Å². The zero-order chi connectivity index (χ0) is 18.5. The van der Waals surface area contributed by atoms with Gasteiger partial charge in [-0.15, -0.1) is 10.2 Å². The van der Waals surface area contributed by atoms with Gasteiger partial charge in [0, 0.05) is 13.1 Å². The molecule has 0 saturated carbocycles. The van der Waals surface area contributed by atoms with E-state index in [9.17, 15) is 4.79 Å². The van der Waals surface area contributed by atoms with E-state index in [2.05, 4.69) is 10.2 Å². The minimum Gasteiger partial charge on any atom is -0.467 e. The Morgan fingerprint density at radius 1 is 1.15 bits per heavy atom. The third-order valence-corrected chi connectivity index (χ3v) is 5.60. The summed E-state index contributed by atoms with van der Waals surface area (Å²) in [6, 6.07) is 13.5. The first-order valence-corrected chi connectivity index (χ1v) is 9.67.